The van der Waals surface area contributed by atoms with E-state index in [1.165, 1.54) is 38.8 Å². The van der Waals surface area contributed by atoms with Gasteiger partial charge in [0.15, 0.2) is 0 Å². The molecule has 0 amide bonds. The van der Waals surface area contributed by atoms with Crippen LogP contribution < -0.4 is 5.32 Å². The van der Waals surface area contributed by atoms with Crippen molar-refractivity contribution >= 4 is 0 Å². The Morgan fingerprint density at radius 2 is 2.12 bits per heavy atom. The minimum atomic E-state index is 0.689. The third-order valence-corrected chi connectivity index (χ3v) is 4.14. The molecule has 1 aliphatic heterocycles. The van der Waals surface area contributed by atoms with Crippen molar-refractivity contribution in [3.8, 4) is 0 Å². The first-order valence-electron chi connectivity index (χ1n) is 7.13. The van der Waals surface area contributed by atoms with Crippen LogP contribution in [0.15, 0.2) is 0 Å². The molecule has 1 N–H and O–H groups in total. The van der Waals surface area contributed by atoms with Crippen molar-refractivity contribution in [3.63, 3.8) is 0 Å². The summed E-state index contributed by atoms with van der Waals surface area (Å²) in [5.41, 5.74) is 0. The first-order chi connectivity index (χ1) is 7.66. The fourth-order valence-corrected chi connectivity index (χ4v) is 2.72. The fourth-order valence-electron chi connectivity index (χ4n) is 2.72. The van der Waals surface area contributed by atoms with Gasteiger partial charge in [-0.05, 0) is 52.1 Å². The van der Waals surface area contributed by atoms with E-state index in [2.05, 4.69) is 37.9 Å². The van der Waals surface area contributed by atoms with Crippen LogP contribution in [0.4, 0.5) is 0 Å². The summed E-state index contributed by atoms with van der Waals surface area (Å²) >= 11 is 0. The second-order valence-electron chi connectivity index (χ2n) is 5.50. The summed E-state index contributed by atoms with van der Waals surface area (Å²) in [7, 11) is 0. The molecule has 1 aliphatic rings. The number of likely N-dealkylation sites (tertiary alicyclic amines) is 1. The zero-order valence-corrected chi connectivity index (χ0v) is 11.6. The Bertz CT molecular complexity index is 182. The molecule has 0 aromatic carbocycles. The Morgan fingerprint density at radius 3 is 2.81 bits per heavy atom. The van der Waals surface area contributed by atoms with Crippen LogP contribution in [0.25, 0.3) is 0 Å². The van der Waals surface area contributed by atoms with Gasteiger partial charge >= 0.3 is 0 Å². The summed E-state index contributed by atoms with van der Waals surface area (Å²) < 4.78 is 0. The van der Waals surface area contributed by atoms with Gasteiger partial charge < -0.3 is 5.32 Å². The second kappa shape index (κ2) is 7.29. The molecule has 0 aromatic rings. The Morgan fingerprint density at radius 1 is 1.38 bits per heavy atom. The smallest absolute Gasteiger partial charge is 0.0195 e. The molecule has 2 heteroatoms. The van der Waals surface area contributed by atoms with Crippen LogP contribution >= 0.6 is 0 Å². The lowest BCUT2D eigenvalue weighted by Gasteiger charge is -2.41. The van der Waals surface area contributed by atoms with E-state index >= 15 is 0 Å². The minimum absolute atomic E-state index is 0.689. The van der Waals surface area contributed by atoms with E-state index in [0.717, 1.165) is 18.5 Å². The van der Waals surface area contributed by atoms with Crippen molar-refractivity contribution in [1.82, 2.24) is 10.2 Å². The molecule has 0 bridgehead atoms. The summed E-state index contributed by atoms with van der Waals surface area (Å²) in [6, 6.07) is 1.45. The van der Waals surface area contributed by atoms with Crippen LogP contribution in [-0.2, 0) is 0 Å². The number of piperidine rings is 1. The van der Waals surface area contributed by atoms with Gasteiger partial charge in [0.05, 0.1) is 0 Å². The quantitative estimate of drug-likeness (QED) is 0.701. The van der Waals surface area contributed by atoms with Gasteiger partial charge in [0.25, 0.3) is 0 Å². The predicted octanol–water partition coefficient (Wildman–Crippen LogP) is 2.89. The van der Waals surface area contributed by atoms with Gasteiger partial charge in [-0.1, -0.05) is 20.3 Å². The first kappa shape index (κ1) is 14.0. The molecule has 1 heterocycles. The third-order valence-electron chi connectivity index (χ3n) is 4.14. The van der Waals surface area contributed by atoms with Crippen molar-refractivity contribution in [2.24, 2.45) is 5.92 Å². The number of hydrogen-bond acceptors (Lipinski definition) is 2. The van der Waals surface area contributed by atoms with Crippen molar-refractivity contribution < 1.29 is 0 Å². The average Bonchev–Trinajstić information content (AvgIpc) is 2.28. The normalized spacial score (nSPS) is 29.2. The summed E-state index contributed by atoms with van der Waals surface area (Å²) in [6.07, 6.45) is 5.38. The van der Waals surface area contributed by atoms with Crippen LogP contribution in [0.5, 0.6) is 0 Å². The maximum absolute atomic E-state index is 3.58. The number of nitrogens with zero attached hydrogens (tertiary/aromatic N) is 1. The highest BCUT2D eigenvalue weighted by Crippen LogP contribution is 2.24. The number of unbranched alkanes of at least 4 members (excludes halogenated alkanes) is 1. The SMILES string of the molecule is CCCCNCC(C)N1CCCC(C)C1C. The molecule has 1 saturated heterocycles. The van der Waals surface area contributed by atoms with E-state index in [1.807, 2.05) is 0 Å². The van der Waals surface area contributed by atoms with Gasteiger partial charge in [0, 0.05) is 18.6 Å². The van der Waals surface area contributed by atoms with E-state index in [-0.39, 0.29) is 0 Å². The maximum Gasteiger partial charge on any atom is 0.0195 e. The van der Waals surface area contributed by atoms with Crippen LogP contribution in [0.1, 0.15) is 53.4 Å². The molecular formula is C14H30N2. The minimum Gasteiger partial charge on any atom is -0.315 e. The van der Waals surface area contributed by atoms with E-state index in [9.17, 15) is 0 Å². The molecule has 2 nitrogen and oxygen atoms in total. The lowest BCUT2D eigenvalue weighted by molar-refractivity contribution is 0.0752. The van der Waals surface area contributed by atoms with Crippen molar-refractivity contribution in [3.05, 3.63) is 0 Å². The van der Waals surface area contributed by atoms with E-state index in [4.69, 9.17) is 0 Å². The molecule has 0 radical (unpaired) electrons. The number of hydrogen-bond donors (Lipinski definition) is 1. The fraction of sp³-hybridized carbons (Fsp3) is 1.00. The lowest BCUT2D eigenvalue weighted by Crippen LogP contribution is -2.50. The Hall–Kier alpha value is -0.0800. The van der Waals surface area contributed by atoms with E-state index < -0.39 is 0 Å². The molecule has 0 saturated carbocycles. The number of rotatable bonds is 6. The van der Waals surface area contributed by atoms with Crippen LogP contribution in [-0.4, -0.2) is 36.6 Å². The highest BCUT2D eigenvalue weighted by Gasteiger charge is 2.27. The van der Waals surface area contributed by atoms with Gasteiger partial charge in [-0.15, -0.1) is 0 Å². The second-order valence-corrected chi connectivity index (χ2v) is 5.50. The van der Waals surface area contributed by atoms with Gasteiger partial charge in [-0.3, -0.25) is 4.90 Å². The monoisotopic (exact) mass is 226 g/mol. The van der Waals surface area contributed by atoms with Gasteiger partial charge in [0.2, 0.25) is 0 Å². The largest absolute Gasteiger partial charge is 0.315 e. The molecule has 96 valence electrons. The molecule has 3 unspecified atom stereocenters. The maximum atomic E-state index is 3.58. The molecule has 0 aliphatic carbocycles. The molecule has 16 heavy (non-hydrogen) atoms. The predicted molar refractivity (Wildman–Crippen MR) is 71.8 cm³/mol. The van der Waals surface area contributed by atoms with Gasteiger partial charge in [0.1, 0.15) is 0 Å². The third kappa shape index (κ3) is 4.06. The standard InChI is InChI=1S/C14H30N2/c1-5-6-9-15-11-13(3)16-10-7-8-12(2)14(16)4/h12-15H,5-11H2,1-4H3. The molecule has 1 rings (SSSR count). The average molecular weight is 226 g/mol. The van der Waals surface area contributed by atoms with Crippen LogP contribution in [0.3, 0.4) is 0 Å². The van der Waals surface area contributed by atoms with E-state index in [1.54, 1.807) is 0 Å². The zero-order valence-electron chi connectivity index (χ0n) is 11.6. The van der Waals surface area contributed by atoms with Crippen LogP contribution in [0.2, 0.25) is 0 Å². The van der Waals surface area contributed by atoms with Gasteiger partial charge in [-0.25, -0.2) is 0 Å². The summed E-state index contributed by atoms with van der Waals surface area (Å²) in [5.74, 6) is 0.867. The van der Waals surface area contributed by atoms with Crippen molar-refractivity contribution in [2.45, 2.75) is 65.5 Å². The zero-order chi connectivity index (χ0) is 12.0. The Balaban J connectivity index is 2.26. The van der Waals surface area contributed by atoms with Crippen molar-refractivity contribution in [2.75, 3.05) is 19.6 Å². The Kier molecular flexibility index (Phi) is 6.37. The molecule has 1 fully saturated rings. The van der Waals surface area contributed by atoms with Crippen LogP contribution in [0, 0.1) is 5.92 Å². The Labute approximate surface area is 102 Å². The highest BCUT2D eigenvalue weighted by molar-refractivity contribution is 4.82. The first-order valence-corrected chi connectivity index (χ1v) is 7.13. The topological polar surface area (TPSA) is 15.3 Å². The molecule has 0 spiro atoms. The van der Waals surface area contributed by atoms with E-state index in [0.29, 0.717) is 6.04 Å². The van der Waals surface area contributed by atoms with Crippen molar-refractivity contribution in [1.29, 1.82) is 0 Å². The number of nitrogens with one attached hydrogen (secondary N) is 1. The molecule has 3 atom stereocenters. The molecule has 0 aromatic heterocycles. The molecular weight excluding hydrogens is 196 g/mol. The highest BCUT2D eigenvalue weighted by atomic mass is 15.2. The van der Waals surface area contributed by atoms with Gasteiger partial charge in [-0.2, -0.15) is 0 Å². The lowest BCUT2D eigenvalue weighted by atomic mass is 9.91. The summed E-state index contributed by atoms with van der Waals surface area (Å²) in [5, 5.41) is 3.58. The summed E-state index contributed by atoms with van der Waals surface area (Å²) in [6.45, 7) is 13.0. The summed E-state index contributed by atoms with van der Waals surface area (Å²) in [4.78, 5) is 2.69.